The molecule has 0 radical (unpaired) electrons. The summed E-state index contributed by atoms with van der Waals surface area (Å²) < 4.78 is 6.15. The molecule has 2 aromatic carbocycles. The van der Waals surface area contributed by atoms with Crippen LogP contribution in [0.5, 0.6) is 0 Å². The Morgan fingerprint density at radius 2 is 1.68 bits per heavy atom. The third kappa shape index (κ3) is 5.57. The highest BCUT2D eigenvalue weighted by molar-refractivity contribution is 5.75. The van der Waals surface area contributed by atoms with E-state index in [4.69, 9.17) is 10.5 Å². The van der Waals surface area contributed by atoms with Crippen molar-refractivity contribution in [1.82, 2.24) is 4.90 Å². The van der Waals surface area contributed by atoms with Crippen molar-refractivity contribution >= 4 is 5.57 Å². The number of nitrogens with two attached hydrogens (primary N) is 1. The quantitative estimate of drug-likeness (QED) is 0.720. The van der Waals surface area contributed by atoms with E-state index in [9.17, 15) is 0 Å². The molecular formula is C25H32N2O. The first-order valence-electron chi connectivity index (χ1n) is 10.3. The van der Waals surface area contributed by atoms with Crippen LogP contribution in [0.3, 0.4) is 0 Å². The van der Waals surface area contributed by atoms with Crippen molar-refractivity contribution < 1.29 is 4.74 Å². The van der Waals surface area contributed by atoms with Crippen LogP contribution in [-0.2, 0) is 17.6 Å². The summed E-state index contributed by atoms with van der Waals surface area (Å²) in [5, 5.41) is 0. The first-order valence-corrected chi connectivity index (χ1v) is 10.3. The van der Waals surface area contributed by atoms with Gasteiger partial charge in [0.25, 0.3) is 0 Å². The van der Waals surface area contributed by atoms with Gasteiger partial charge in [-0.1, -0.05) is 74.0 Å². The fraction of sp³-hybridized carbons (Fsp3) is 0.360. The fourth-order valence-electron chi connectivity index (χ4n) is 3.37. The van der Waals surface area contributed by atoms with E-state index in [1.165, 1.54) is 29.5 Å². The zero-order chi connectivity index (χ0) is 19.8. The second kappa shape index (κ2) is 10.3. The highest BCUT2D eigenvalue weighted by Crippen LogP contribution is 2.23. The fourth-order valence-corrected chi connectivity index (χ4v) is 3.37. The molecule has 1 heterocycles. The third-order valence-corrected chi connectivity index (χ3v) is 5.27. The molecule has 28 heavy (non-hydrogen) atoms. The topological polar surface area (TPSA) is 38.5 Å². The van der Waals surface area contributed by atoms with Gasteiger partial charge in [-0.3, -0.25) is 4.90 Å². The van der Waals surface area contributed by atoms with E-state index < -0.39 is 0 Å². The normalized spacial score (nSPS) is 17.6. The van der Waals surface area contributed by atoms with Gasteiger partial charge in [-0.05, 0) is 48.2 Å². The molecule has 0 fully saturated rings. The predicted molar refractivity (Wildman–Crippen MR) is 118 cm³/mol. The number of nitrogens with zero attached hydrogens (tertiary/aromatic N) is 1. The van der Waals surface area contributed by atoms with Crippen molar-refractivity contribution in [3.63, 3.8) is 0 Å². The maximum Gasteiger partial charge on any atom is 0.128 e. The molecule has 0 saturated heterocycles. The van der Waals surface area contributed by atoms with E-state index in [0.717, 1.165) is 30.7 Å². The van der Waals surface area contributed by atoms with Crippen LogP contribution in [-0.4, -0.2) is 31.3 Å². The van der Waals surface area contributed by atoms with Crippen LogP contribution in [0.1, 0.15) is 36.5 Å². The summed E-state index contributed by atoms with van der Waals surface area (Å²) in [6.45, 7) is 3.66. The van der Waals surface area contributed by atoms with Gasteiger partial charge < -0.3 is 10.5 Å². The molecule has 2 aromatic rings. The Morgan fingerprint density at radius 1 is 1.00 bits per heavy atom. The number of hydrogen-bond donors (Lipinski definition) is 1. The van der Waals surface area contributed by atoms with Crippen molar-refractivity contribution in [3.8, 4) is 0 Å². The minimum Gasteiger partial charge on any atom is -0.494 e. The largest absolute Gasteiger partial charge is 0.494 e. The van der Waals surface area contributed by atoms with E-state index in [2.05, 4.69) is 72.5 Å². The highest BCUT2D eigenvalue weighted by Gasteiger charge is 2.19. The monoisotopic (exact) mass is 376 g/mol. The van der Waals surface area contributed by atoms with E-state index in [0.29, 0.717) is 6.61 Å². The molecule has 2 N–H and O–H groups in total. The number of likely N-dealkylation sites (N-methyl/N-ethyl adjacent to an activating group) is 1. The minimum atomic E-state index is -0.228. The van der Waals surface area contributed by atoms with Crippen molar-refractivity contribution in [2.45, 2.75) is 38.8 Å². The number of rotatable bonds is 8. The summed E-state index contributed by atoms with van der Waals surface area (Å²) in [5.41, 5.74) is 11.5. The second-order valence-corrected chi connectivity index (χ2v) is 7.48. The van der Waals surface area contributed by atoms with Gasteiger partial charge in [0.05, 0.1) is 6.61 Å². The molecule has 1 aliphatic heterocycles. The maximum absolute atomic E-state index is 6.41. The Morgan fingerprint density at radius 3 is 2.36 bits per heavy atom. The molecule has 0 aromatic heterocycles. The Kier molecular flexibility index (Phi) is 7.46. The van der Waals surface area contributed by atoms with Crippen LogP contribution >= 0.6 is 0 Å². The second-order valence-electron chi connectivity index (χ2n) is 7.48. The van der Waals surface area contributed by atoms with Crippen molar-refractivity contribution in [2.75, 3.05) is 20.2 Å². The highest BCUT2D eigenvalue weighted by atomic mass is 16.5. The van der Waals surface area contributed by atoms with Gasteiger partial charge in [-0.2, -0.15) is 0 Å². The molecule has 1 aliphatic rings. The number of aryl methyl sites for hydroxylation is 1. The summed E-state index contributed by atoms with van der Waals surface area (Å²) >= 11 is 0. The Bertz CT molecular complexity index is 793. The van der Waals surface area contributed by atoms with Crippen LogP contribution in [0.2, 0.25) is 0 Å². The van der Waals surface area contributed by atoms with E-state index >= 15 is 0 Å². The molecular weight excluding hydrogens is 344 g/mol. The molecule has 0 amide bonds. The Labute approximate surface area is 169 Å². The lowest BCUT2D eigenvalue weighted by molar-refractivity contribution is 0.150. The lowest BCUT2D eigenvalue weighted by Gasteiger charge is -2.24. The molecule has 1 unspecified atom stereocenters. The molecule has 0 saturated carbocycles. The van der Waals surface area contributed by atoms with Gasteiger partial charge in [0.1, 0.15) is 11.9 Å². The molecule has 0 spiro atoms. The van der Waals surface area contributed by atoms with Gasteiger partial charge in [0.15, 0.2) is 0 Å². The predicted octanol–water partition coefficient (Wildman–Crippen LogP) is 4.79. The van der Waals surface area contributed by atoms with Gasteiger partial charge in [-0.25, -0.2) is 0 Å². The van der Waals surface area contributed by atoms with Gasteiger partial charge >= 0.3 is 0 Å². The lowest BCUT2D eigenvalue weighted by Crippen LogP contribution is -2.41. The van der Waals surface area contributed by atoms with Gasteiger partial charge in [0, 0.05) is 13.0 Å². The molecule has 0 bridgehead atoms. The molecule has 3 heteroatoms. The number of allylic oxidation sites excluding steroid dienone is 2. The molecule has 3 nitrogen and oxygen atoms in total. The van der Waals surface area contributed by atoms with Crippen molar-refractivity contribution in [1.29, 1.82) is 0 Å². The number of hydrogen-bond acceptors (Lipinski definition) is 3. The summed E-state index contributed by atoms with van der Waals surface area (Å²) in [6, 6.07) is 19.3. The first-order chi connectivity index (χ1) is 13.7. The minimum absolute atomic E-state index is 0.228. The van der Waals surface area contributed by atoms with Crippen LogP contribution in [0.4, 0.5) is 0 Å². The maximum atomic E-state index is 6.41. The first kappa shape index (κ1) is 20.4. The van der Waals surface area contributed by atoms with Crippen LogP contribution in [0.15, 0.2) is 72.5 Å². The number of ether oxygens (including phenoxy) is 1. The lowest BCUT2D eigenvalue weighted by atomic mass is 10.0. The molecule has 148 valence electrons. The molecule has 0 aliphatic carbocycles. The Hall–Kier alpha value is -2.36. The van der Waals surface area contributed by atoms with Gasteiger partial charge in [-0.15, -0.1) is 0 Å². The SMILES string of the molecule is CCCCc1ccc(CCOC2=CC(c3ccccc3)=CCN(C)C2N)cc1. The van der Waals surface area contributed by atoms with Crippen LogP contribution in [0.25, 0.3) is 5.57 Å². The van der Waals surface area contributed by atoms with Crippen molar-refractivity contribution in [3.05, 3.63) is 89.2 Å². The zero-order valence-corrected chi connectivity index (χ0v) is 17.1. The average Bonchev–Trinajstić information content (AvgIpc) is 2.87. The molecule has 3 rings (SSSR count). The van der Waals surface area contributed by atoms with Crippen LogP contribution < -0.4 is 5.73 Å². The van der Waals surface area contributed by atoms with Gasteiger partial charge in [0.2, 0.25) is 0 Å². The summed E-state index contributed by atoms with van der Waals surface area (Å²) in [6.07, 6.45) is 8.60. The average molecular weight is 377 g/mol. The third-order valence-electron chi connectivity index (χ3n) is 5.27. The standard InChI is InChI=1S/C25H32N2O/c1-3-4-8-20-11-13-21(14-12-20)16-18-28-24-19-23(15-17-27(2)25(24)26)22-9-6-5-7-10-22/h5-7,9-15,19,25H,3-4,8,16-18,26H2,1-2H3. The summed E-state index contributed by atoms with van der Waals surface area (Å²) in [4.78, 5) is 2.10. The Balaban J connectivity index is 1.62. The van der Waals surface area contributed by atoms with E-state index in [1.807, 2.05) is 13.1 Å². The van der Waals surface area contributed by atoms with Crippen molar-refractivity contribution in [2.24, 2.45) is 5.73 Å². The molecule has 1 atom stereocenters. The van der Waals surface area contributed by atoms with Crippen LogP contribution in [0, 0.1) is 0 Å². The summed E-state index contributed by atoms with van der Waals surface area (Å²) in [5.74, 6) is 0.828. The smallest absolute Gasteiger partial charge is 0.128 e. The zero-order valence-electron chi connectivity index (χ0n) is 17.1. The number of unbranched alkanes of at least 4 members (excludes halogenated alkanes) is 1. The van der Waals surface area contributed by atoms with E-state index in [1.54, 1.807) is 0 Å². The number of benzene rings is 2. The van der Waals surface area contributed by atoms with E-state index in [-0.39, 0.29) is 6.17 Å². The summed E-state index contributed by atoms with van der Waals surface area (Å²) in [7, 11) is 2.03.